The largest absolute Gasteiger partial charge is 0.510 e. The van der Waals surface area contributed by atoms with Crippen molar-refractivity contribution < 1.29 is 24.5 Å². The number of nitrogens with one attached hydrogen (secondary N) is 2. The second-order valence-corrected chi connectivity index (χ2v) is 13.2. The molecule has 0 unspecified atom stereocenters. The number of hydrogen-bond donors (Lipinski definition) is 4. The van der Waals surface area contributed by atoms with E-state index in [0.717, 1.165) is 68.5 Å². The molecule has 5 heterocycles. The van der Waals surface area contributed by atoms with Crippen LogP contribution >= 0.6 is 0 Å². The molecule has 0 aromatic heterocycles. The van der Waals surface area contributed by atoms with Crippen LogP contribution in [0.5, 0.6) is 0 Å². The van der Waals surface area contributed by atoms with Crippen LogP contribution in [0.2, 0.25) is 0 Å². The van der Waals surface area contributed by atoms with E-state index in [-0.39, 0.29) is 36.5 Å². The molecule has 256 valence electrons. The molecule has 0 radical (unpaired) electrons. The molecule has 0 aromatic carbocycles. The minimum Gasteiger partial charge on any atom is -0.510 e. The molecular formula is C39H45N5O5. The molecule has 3 atom stereocenters. The van der Waals surface area contributed by atoms with E-state index < -0.39 is 11.9 Å². The minimum atomic E-state index is -1.07. The first-order valence-electron chi connectivity index (χ1n) is 17.1. The van der Waals surface area contributed by atoms with E-state index in [1.54, 1.807) is 0 Å². The Labute approximate surface area is 287 Å². The normalized spacial score (nSPS) is 24.2. The van der Waals surface area contributed by atoms with Crippen molar-refractivity contribution in [1.29, 1.82) is 0 Å². The number of ether oxygens (including phenoxy) is 1. The number of amides is 1. The molecule has 10 heteroatoms. The second kappa shape index (κ2) is 13.6. The summed E-state index contributed by atoms with van der Waals surface area (Å²) in [5.74, 6) is -2.11. The molecule has 10 nitrogen and oxygen atoms in total. The fourth-order valence-corrected chi connectivity index (χ4v) is 7.61. The van der Waals surface area contributed by atoms with Gasteiger partial charge in [0.25, 0.3) is 0 Å². The van der Waals surface area contributed by atoms with Crippen LogP contribution in [0.25, 0.3) is 0 Å². The van der Waals surface area contributed by atoms with Crippen LogP contribution in [0, 0.1) is 17.8 Å². The number of carbonyl (C=O) groups excluding carboxylic acids is 2. The molecule has 4 N–H and O–H groups in total. The second-order valence-electron chi connectivity index (χ2n) is 13.2. The highest BCUT2D eigenvalue weighted by atomic mass is 16.5. The third-order valence-corrected chi connectivity index (χ3v) is 10.5. The number of aliphatic imine (C=N–C) groups is 3. The van der Waals surface area contributed by atoms with Crippen molar-refractivity contribution in [2.45, 2.75) is 66.7 Å². The zero-order valence-electron chi connectivity index (χ0n) is 29.2. The Hall–Kier alpha value is -4.83. The number of unbranched alkanes of at least 4 members (excludes halogenated alkanes) is 1. The number of fused-ring (bicyclic) bond motifs is 5. The molecule has 0 aromatic rings. The molecule has 1 aliphatic carbocycles. The molecular weight excluding hydrogens is 618 g/mol. The summed E-state index contributed by atoms with van der Waals surface area (Å²) in [6.45, 7) is 14.9. The van der Waals surface area contributed by atoms with Crippen molar-refractivity contribution in [3.05, 3.63) is 104 Å². The molecule has 1 saturated heterocycles. The van der Waals surface area contributed by atoms with Crippen molar-refractivity contribution in [3.63, 3.8) is 0 Å². The van der Waals surface area contributed by atoms with Crippen molar-refractivity contribution in [3.8, 4) is 0 Å². The predicted molar refractivity (Wildman–Crippen MR) is 192 cm³/mol. The number of methoxy groups -OCH3 is 1. The smallest absolute Gasteiger partial charge is 0.321 e. The summed E-state index contributed by atoms with van der Waals surface area (Å²) >= 11 is 0. The van der Waals surface area contributed by atoms with Crippen molar-refractivity contribution in [2.24, 2.45) is 32.7 Å². The van der Waals surface area contributed by atoms with E-state index in [2.05, 4.69) is 38.0 Å². The highest BCUT2D eigenvalue weighted by Crippen LogP contribution is 2.49. The van der Waals surface area contributed by atoms with E-state index in [4.69, 9.17) is 24.8 Å². The average Bonchev–Trinajstić information content (AvgIpc) is 3.82. The number of carbonyl (C=O) groups is 2. The summed E-state index contributed by atoms with van der Waals surface area (Å²) in [4.78, 5) is 41.6. The fraction of sp³-hybridized carbons (Fsp3) is 0.410. The SMILES string of the molecule is C=CC1=C(C)C2=NC1=CC1=NC(=CC3=C(C)C4=C(O)[C@H](C(=O)OC)C(=C5NC(=C2)[C@@H](C)[C@@H]5CCC(=O)NCCCCO)C4=N3)C(CC)=C1C. The lowest BCUT2D eigenvalue weighted by atomic mass is 9.84. The van der Waals surface area contributed by atoms with E-state index in [1.807, 2.05) is 38.2 Å². The van der Waals surface area contributed by atoms with Crippen LogP contribution < -0.4 is 10.6 Å². The van der Waals surface area contributed by atoms with Crippen molar-refractivity contribution >= 4 is 29.0 Å². The number of aliphatic hydroxyl groups is 2. The van der Waals surface area contributed by atoms with Gasteiger partial charge in [-0.05, 0) is 87.0 Å². The van der Waals surface area contributed by atoms with E-state index in [9.17, 15) is 14.7 Å². The van der Waals surface area contributed by atoms with Gasteiger partial charge in [-0.2, -0.15) is 0 Å². The van der Waals surface area contributed by atoms with Gasteiger partial charge in [0.05, 0.1) is 41.3 Å². The summed E-state index contributed by atoms with van der Waals surface area (Å²) in [6.07, 6.45) is 10.7. The first-order chi connectivity index (χ1) is 23.5. The van der Waals surface area contributed by atoms with Crippen LogP contribution in [-0.2, 0) is 14.3 Å². The lowest BCUT2D eigenvalue weighted by Crippen LogP contribution is -2.27. The zero-order valence-corrected chi connectivity index (χ0v) is 29.2. The third kappa shape index (κ3) is 5.82. The zero-order chi connectivity index (χ0) is 35.1. The van der Waals surface area contributed by atoms with Gasteiger partial charge in [0, 0.05) is 59.5 Å². The Bertz CT molecular complexity index is 1900. The molecule has 49 heavy (non-hydrogen) atoms. The first kappa shape index (κ1) is 34.0. The quantitative estimate of drug-likeness (QED) is 0.169. The van der Waals surface area contributed by atoms with Crippen LogP contribution in [0.4, 0.5) is 0 Å². The molecule has 6 rings (SSSR count). The molecule has 0 spiro atoms. The van der Waals surface area contributed by atoms with Gasteiger partial charge in [0.1, 0.15) is 11.7 Å². The van der Waals surface area contributed by atoms with E-state index in [0.29, 0.717) is 48.4 Å². The van der Waals surface area contributed by atoms with Gasteiger partial charge in [-0.3, -0.25) is 9.59 Å². The standard InChI is InChI=1S/C39H45N5O5/c1-8-23-19(3)26-16-28-21(5)25(12-13-32(46)40-14-10-11-15-45)36(43-28)34-35(39(48)49-7)38(47)33-22(6)29(44-37(33)34)18-31-24(9-2)20(4)27(42-31)17-30(23)41-26/h8,16-18,21,25,35,43,45,47H,1,9-15H2,2-7H3,(H,40,46)/t21-,25-,35+/m0/s1. The Morgan fingerprint density at radius 2 is 1.78 bits per heavy atom. The highest BCUT2D eigenvalue weighted by molar-refractivity contribution is 6.24. The summed E-state index contributed by atoms with van der Waals surface area (Å²) in [5.41, 5.74) is 12.0. The van der Waals surface area contributed by atoms with Gasteiger partial charge in [0.2, 0.25) is 5.91 Å². The van der Waals surface area contributed by atoms with E-state index >= 15 is 0 Å². The maximum Gasteiger partial charge on any atom is 0.321 e. The number of esters is 1. The summed E-state index contributed by atoms with van der Waals surface area (Å²) < 4.78 is 5.24. The Kier molecular flexibility index (Phi) is 9.44. The van der Waals surface area contributed by atoms with Crippen LogP contribution in [0.1, 0.15) is 66.7 Å². The van der Waals surface area contributed by atoms with Crippen LogP contribution in [0.15, 0.2) is 119 Å². The molecule has 6 aliphatic rings. The number of aliphatic hydroxyl groups excluding tert-OH is 2. The third-order valence-electron chi connectivity index (χ3n) is 10.5. The van der Waals surface area contributed by atoms with Crippen molar-refractivity contribution in [1.82, 2.24) is 10.6 Å². The Morgan fingerprint density at radius 3 is 2.47 bits per heavy atom. The molecule has 1 amide bonds. The Morgan fingerprint density at radius 1 is 1.04 bits per heavy atom. The summed E-state index contributed by atoms with van der Waals surface area (Å²) in [5, 5.41) is 27.4. The maximum absolute atomic E-state index is 13.4. The lowest BCUT2D eigenvalue weighted by Gasteiger charge is -2.20. The number of hydrogen-bond acceptors (Lipinski definition) is 9. The number of nitrogens with zero attached hydrogens (tertiary/aromatic N) is 3. The number of allylic oxidation sites excluding steroid dienone is 11. The lowest BCUT2D eigenvalue weighted by molar-refractivity contribution is -0.143. The number of rotatable bonds is 10. The topological polar surface area (TPSA) is 145 Å². The van der Waals surface area contributed by atoms with Gasteiger partial charge in [-0.15, -0.1) is 0 Å². The monoisotopic (exact) mass is 663 g/mol. The van der Waals surface area contributed by atoms with Gasteiger partial charge >= 0.3 is 5.97 Å². The van der Waals surface area contributed by atoms with Gasteiger partial charge < -0.3 is 25.6 Å². The van der Waals surface area contributed by atoms with Gasteiger partial charge in [-0.25, -0.2) is 15.0 Å². The Balaban J connectivity index is 1.55. The molecule has 8 bridgehead atoms. The van der Waals surface area contributed by atoms with Gasteiger partial charge in [-0.1, -0.05) is 26.5 Å². The first-order valence-corrected chi connectivity index (χ1v) is 17.1. The van der Waals surface area contributed by atoms with Crippen molar-refractivity contribution in [2.75, 3.05) is 20.3 Å². The van der Waals surface area contributed by atoms with Crippen LogP contribution in [-0.4, -0.2) is 59.5 Å². The van der Waals surface area contributed by atoms with Gasteiger partial charge in [0.15, 0.2) is 0 Å². The fourth-order valence-electron chi connectivity index (χ4n) is 7.61. The summed E-state index contributed by atoms with van der Waals surface area (Å²) in [6, 6.07) is 0. The minimum absolute atomic E-state index is 0.0803. The highest BCUT2D eigenvalue weighted by Gasteiger charge is 2.49. The van der Waals surface area contributed by atoms with E-state index in [1.165, 1.54) is 7.11 Å². The molecule has 1 fully saturated rings. The van der Waals surface area contributed by atoms with Crippen LogP contribution in [0.3, 0.4) is 0 Å². The molecule has 5 aliphatic heterocycles. The summed E-state index contributed by atoms with van der Waals surface area (Å²) in [7, 11) is 1.32. The average molecular weight is 664 g/mol. The predicted octanol–water partition coefficient (Wildman–Crippen LogP) is 5.91. The maximum atomic E-state index is 13.4. The molecule has 0 saturated carbocycles.